The Bertz CT molecular complexity index is 663. The summed E-state index contributed by atoms with van der Waals surface area (Å²) >= 11 is 0. The lowest BCUT2D eigenvalue weighted by atomic mass is 9.87. The van der Waals surface area contributed by atoms with Gasteiger partial charge >= 0.3 is 6.18 Å². The Morgan fingerprint density at radius 3 is 2.36 bits per heavy atom. The summed E-state index contributed by atoms with van der Waals surface area (Å²) in [5, 5.41) is 0. The van der Waals surface area contributed by atoms with E-state index in [2.05, 4.69) is 11.8 Å². The molecule has 1 saturated carbocycles. The Morgan fingerprint density at radius 1 is 1.11 bits per heavy atom. The first-order chi connectivity index (χ1) is 13.2. The topological polar surface area (TPSA) is 26.8 Å². The summed E-state index contributed by atoms with van der Waals surface area (Å²) in [6, 6.07) is 5.82. The van der Waals surface area contributed by atoms with Crippen molar-refractivity contribution in [2.45, 2.75) is 44.8 Å². The number of halogens is 3. The molecular weight excluding hydrogens is 367 g/mol. The van der Waals surface area contributed by atoms with Crippen LogP contribution < -0.4 is 4.90 Å². The number of hydrogen-bond acceptors (Lipinski definition) is 3. The fraction of sp³-hybridized carbons (Fsp3) is 0.667. The molecule has 1 amide bonds. The number of amides is 1. The summed E-state index contributed by atoms with van der Waals surface area (Å²) in [7, 11) is 1.90. The standard InChI is InChI=1S/C21H30F3N3O/c1-16-6-8-18(9-7-16)25(2)20(28)15-26-10-12-27(13-11-26)19-5-3-4-17(14-19)21(22,23)24/h3-5,14,16,18H,6-13,15H2,1-2H3. The van der Waals surface area contributed by atoms with Gasteiger partial charge in [0.1, 0.15) is 0 Å². The van der Waals surface area contributed by atoms with Crippen LogP contribution in [0.5, 0.6) is 0 Å². The molecular formula is C21H30F3N3O. The van der Waals surface area contributed by atoms with Crippen molar-refractivity contribution in [1.82, 2.24) is 9.80 Å². The smallest absolute Gasteiger partial charge is 0.369 e. The highest BCUT2D eigenvalue weighted by Gasteiger charge is 2.31. The number of hydrogen-bond donors (Lipinski definition) is 0. The number of carbonyl (C=O) groups excluding carboxylic acids is 1. The fourth-order valence-corrected chi connectivity index (χ4v) is 4.18. The average Bonchev–Trinajstić information content (AvgIpc) is 2.68. The van der Waals surface area contributed by atoms with E-state index in [1.807, 2.05) is 16.8 Å². The maximum Gasteiger partial charge on any atom is 0.416 e. The molecule has 156 valence electrons. The lowest BCUT2D eigenvalue weighted by molar-refractivity contribution is -0.137. The minimum atomic E-state index is -4.33. The van der Waals surface area contributed by atoms with Gasteiger partial charge in [-0.15, -0.1) is 0 Å². The molecule has 0 bridgehead atoms. The zero-order valence-electron chi connectivity index (χ0n) is 16.7. The highest BCUT2D eigenvalue weighted by atomic mass is 19.4. The number of carbonyl (C=O) groups is 1. The highest BCUT2D eigenvalue weighted by molar-refractivity contribution is 5.78. The van der Waals surface area contributed by atoms with Gasteiger partial charge in [0.05, 0.1) is 12.1 Å². The van der Waals surface area contributed by atoms with Crippen molar-refractivity contribution in [1.29, 1.82) is 0 Å². The van der Waals surface area contributed by atoms with E-state index in [-0.39, 0.29) is 5.91 Å². The first-order valence-electron chi connectivity index (χ1n) is 10.1. The Kier molecular flexibility index (Phi) is 6.53. The van der Waals surface area contributed by atoms with Gasteiger partial charge < -0.3 is 9.80 Å². The molecule has 0 atom stereocenters. The molecule has 1 aliphatic heterocycles. The molecule has 2 aliphatic rings. The van der Waals surface area contributed by atoms with E-state index in [4.69, 9.17) is 0 Å². The van der Waals surface area contributed by atoms with Gasteiger partial charge in [0, 0.05) is 45.0 Å². The van der Waals surface area contributed by atoms with Crippen LogP contribution in [0.1, 0.15) is 38.2 Å². The average molecular weight is 397 g/mol. The van der Waals surface area contributed by atoms with Gasteiger partial charge in [-0.05, 0) is 49.8 Å². The predicted octanol–water partition coefficient (Wildman–Crippen LogP) is 3.86. The van der Waals surface area contributed by atoms with Crippen LogP contribution in [0.4, 0.5) is 18.9 Å². The third-order valence-corrected chi connectivity index (χ3v) is 6.20. The Morgan fingerprint density at radius 2 is 1.75 bits per heavy atom. The molecule has 3 rings (SSSR count). The minimum Gasteiger partial charge on any atom is -0.369 e. The fourth-order valence-electron chi connectivity index (χ4n) is 4.18. The highest BCUT2D eigenvalue weighted by Crippen LogP contribution is 2.32. The third-order valence-electron chi connectivity index (χ3n) is 6.20. The second-order valence-electron chi connectivity index (χ2n) is 8.23. The zero-order valence-corrected chi connectivity index (χ0v) is 16.7. The van der Waals surface area contributed by atoms with Gasteiger partial charge in [0.2, 0.25) is 5.91 Å². The van der Waals surface area contributed by atoms with Gasteiger partial charge in [-0.3, -0.25) is 9.69 Å². The second kappa shape index (κ2) is 8.72. The van der Waals surface area contributed by atoms with Crippen LogP contribution in [-0.2, 0) is 11.0 Å². The molecule has 1 heterocycles. The number of piperazine rings is 1. The van der Waals surface area contributed by atoms with E-state index >= 15 is 0 Å². The van der Waals surface area contributed by atoms with Gasteiger partial charge in [-0.2, -0.15) is 13.2 Å². The van der Waals surface area contributed by atoms with Crippen LogP contribution >= 0.6 is 0 Å². The molecule has 0 aromatic heterocycles. The summed E-state index contributed by atoms with van der Waals surface area (Å²) in [5.74, 6) is 0.899. The van der Waals surface area contributed by atoms with Crippen LogP contribution in [0.3, 0.4) is 0 Å². The molecule has 0 radical (unpaired) electrons. The zero-order chi connectivity index (χ0) is 20.3. The van der Waals surface area contributed by atoms with Gasteiger partial charge in [-0.25, -0.2) is 0 Å². The minimum absolute atomic E-state index is 0.145. The molecule has 2 fully saturated rings. The van der Waals surface area contributed by atoms with Gasteiger partial charge in [-0.1, -0.05) is 13.0 Å². The summed E-state index contributed by atoms with van der Waals surface area (Å²) in [6.45, 7) is 5.26. The van der Waals surface area contributed by atoms with E-state index in [9.17, 15) is 18.0 Å². The van der Waals surface area contributed by atoms with Crippen molar-refractivity contribution in [2.75, 3.05) is 44.7 Å². The lowest BCUT2D eigenvalue weighted by Crippen LogP contribution is -2.51. The molecule has 0 unspecified atom stereocenters. The molecule has 1 aromatic rings. The van der Waals surface area contributed by atoms with E-state index in [1.54, 1.807) is 6.07 Å². The molecule has 0 N–H and O–H groups in total. The number of likely N-dealkylation sites (N-methyl/N-ethyl adjacent to an activating group) is 1. The Balaban J connectivity index is 1.49. The normalized spacial score (nSPS) is 24.2. The first kappa shape index (κ1) is 21.0. The van der Waals surface area contributed by atoms with Crippen molar-refractivity contribution in [3.05, 3.63) is 29.8 Å². The van der Waals surface area contributed by atoms with Crippen LogP contribution in [0, 0.1) is 5.92 Å². The number of benzene rings is 1. The van der Waals surface area contributed by atoms with Gasteiger partial charge in [0.15, 0.2) is 0 Å². The first-order valence-corrected chi connectivity index (χ1v) is 10.1. The second-order valence-corrected chi connectivity index (χ2v) is 8.23. The molecule has 1 aromatic carbocycles. The summed E-state index contributed by atoms with van der Waals surface area (Å²) < 4.78 is 38.8. The quantitative estimate of drug-likeness (QED) is 0.772. The number of anilines is 1. The predicted molar refractivity (Wildman–Crippen MR) is 104 cm³/mol. The maximum atomic E-state index is 12.9. The van der Waals surface area contributed by atoms with Crippen LogP contribution in [-0.4, -0.2) is 61.5 Å². The largest absolute Gasteiger partial charge is 0.416 e. The summed E-state index contributed by atoms with van der Waals surface area (Å²) in [5.41, 5.74) is -0.0275. The van der Waals surface area contributed by atoms with Crippen LogP contribution in [0.2, 0.25) is 0 Å². The Hall–Kier alpha value is -1.76. The third kappa shape index (κ3) is 5.19. The number of alkyl halides is 3. The van der Waals surface area contributed by atoms with Crippen molar-refractivity contribution in [3.8, 4) is 0 Å². The van der Waals surface area contributed by atoms with Crippen molar-refractivity contribution in [2.24, 2.45) is 5.92 Å². The van der Waals surface area contributed by atoms with Crippen LogP contribution in [0.25, 0.3) is 0 Å². The van der Waals surface area contributed by atoms with Crippen molar-refractivity contribution < 1.29 is 18.0 Å². The van der Waals surface area contributed by atoms with Crippen LogP contribution in [0.15, 0.2) is 24.3 Å². The SMILES string of the molecule is CC1CCC(N(C)C(=O)CN2CCN(c3cccc(C(F)(F)F)c3)CC2)CC1. The Labute approximate surface area is 165 Å². The van der Waals surface area contributed by atoms with E-state index < -0.39 is 11.7 Å². The molecule has 7 heteroatoms. The monoisotopic (exact) mass is 397 g/mol. The maximum absolute atomic E-state index is 12.9. The molecule has 1 saturated heterocycles. The number of rotatable bonds is 4. The molecule has 1 aliphatic carbocycles. The molecule has 0 spiro atoms. The molecule has 4 nitrogen and oxygen atoms in total. The summed E-state index contributed by atoms with van der Waals surface area (Å²) in [6.07, 6.45) is 0.182. The summed E-state index contributed by atoms with van der Waals surface area (Å²) in [4.78, 5) is 18.6. The van der Waals surface area contributed by atoms with E-state index in [0.29, 0.717) is 44.5 Å². The van der Waals surface area contributed by atoms with Crippen molar-refractivity contribution in [3.63, 3.8) is 0 Å². The molecule has 28 heavy (non-hydrogen) atoms. The number of nitrogens with zero attached hydrogens (tertiary/aromatic N) is 3. The van der Waals surface area contributed by atoms with E-state index in [1.165, 1.54) is 25.0 Å². The van der Waals surface area contributed by atoms with Crippen molar-refractivity contribution >= 4 is 11.6 Å². The van der Waals surface area contributed by atoms with E-state index in [0.717, 1.165) is 24.8 Å². The lowest BCUT2D eigenvalue weighted by Gasteiger charge is -2.38. The van der Waals surface area contributed by atoms with Gasteiger partial charge in [0.25, 0.3) is 0 Å².